The Morgan fingerprint density at radius 2 is 1.44 bits per heavy atom. The van der Waals surface area contributed by atoms with Crippen molar-refractivity contribution in [2.45, 2.75) is 18.4 Å². The van der Waals surface area contributed by atoms with E-state index in [9.17, 15) is 10.1 Å². The summed E-state index contributed by atoms with van der Waals surface area (Å²) in [7, 11) is 0. The molecule has 3 atom stereocenters. The summed E-state index contributed by atoms with van der Waals surface area (Å²) in [5, 5.41) is 20.4. The maximum absolute atomic E-state index is 11.6. The monoisotopic (exact) mass is 442 g/mol. The van der Waals surface area contributed by atoms with Crippen LogP contribution in [0.25, 0.3) is 21.5 Å². The molecule has 1 N–H and O–H groups in total. The molecule has 0 amide bonds. The maximum atomic E-state index is 11.6. The van der Waals surface area contributed by atoms with Crippen molar-refractivity contribution in [3.8, 4) is 0 Å². The highest BCUT2D eigenvalue weighted by atomic mass is 16.6. The van der Waals surface area contributed by atoms with Crippen molar-refractivity contribution >= 4 is 32.9 Å². The minimum Gasteiger partial charge on any atom is -0.378 e. The Bertz CT molecular complexity index is 1570. The van der Waals surface area contributed by atoms with E-state index in [2.05, 4.69) is 84.2 Å². The van der Waals surface area contributed by atoms with Gasteiger partial charge < -0.3 is 5.32 Å². The minimum absolute atomic E-state index is 0.0855. The van der Waals surface area contributed by atoms with Crippen molar-refractivity contribution in [2.24, 2.45) is 5.92 Å². The van der Waals surface area contributed by atoms with E-state index in [0.717, 1.165) is 17.7 Å². The van der Waals surface area contributed by atoms with Crippen LogP contribution < -0.4 is 5.32 Å². The van der Waals surface area contributed by atoms with Crippen LogP contribution in [0, 0.1) is 16.0 Å². The summed E-state index contributed by atoms with van der Waals surface area (Å²) >= 11 is 0. The van der Waals surface area contributed by atoms with Crippen LogP contribution in [-0.2, 0) is 6.42 Å². The SMILES string of the molecule is O=[N+]([O-])c1ccc2c(c1)[C@@H]1c3ccccc3C[C@@H]1[C@H](c1c3ccccc3cc3ccccc13)N2. The van der Waals surface area contributed by atoms with Crippen molar-refractivity contribution in [2.75, 3.05) is 5.32 Å². The van der Waals surface area contributed by atoms with Gasteiger partial charge in [0.1, 0.15) is 0 Å². The average Bonchev–Trinajstić information content (AvgIpc) is 3.26. The molecule has 4 nitrogen and oxygen atoms in total. The van der Waals surface area contributed by atoms with Crippen molar-refractivity contribution in [3.63, 3.8) is 0 Å². The molecule has 0 aromatic heterocycles. The van der Waals surface area contributed by atoms with Crippen LogP contribution in [-0.4, -0.2) is 4.92 Å². The third kappa shape index (κ3) is 2.72. The molecule has 0 spiro atoms. The second-order valence-electron chi connectivity index (χ2n) is 9.43. The van der Waals surface area contributed by atoms with E-state index >= 15 is 0 Å². The molecule has 1 heterocycles. The predicted molar refractivity (Wildman–Crippen MR) is 136 cm³/mol. The smallest absolute Gasteiger partial charge is 0.269 e. The molecule has 0 unspecified atom stereocenters. The number of rotatable bonds is 2. The molecule has 1 aliphatic carbocycles. The number of nitro groups is 1. The topological polar surface area (TPSA) is 55.2 Å². The molecule has 0 fully saturated rings. The highest BCUT2D eigenvalue weighted by Gasteiger charge is 2.44. The number of anilines is 1. The van der Waals surface area contributed by atoms with E-state index in [1.54, 1.807) is 12.1 Å². The van der Waals surface area contributed by atoms with Gasteiger partial charge in [-0.2, -0.15) is 0 Å². The highest BCUT2D eigenvalue weighted by Crippen LogP contribution is 2.55. The van der Waals surface area contributed by atoms with Gasteiger partial charge in [0.2, 0.25) is 0 Å². The summed E-state index contributed by atoms with van der Waals surface area (Å²) in [4.78, 5) is 11.3. The van der Waals surface area contributed by atoms with E-state index < -0.39 is 0 Å². The summed E-state index contributed by atoms with van der Waals surface area (Å²) in [5.74, 6) is 0.385. The van der Waals surface area contributed by atoms with Gasteiger partial charge >= 0.3 is 0 Å². The first kappa shape index (κ1) is 19.3. The van der Waals surface area contributed by atoms with Gasteiger partial charge in [-0.3, -0.25) is 10.1 Å². The maximum Gasteiger partial charge on any atom is 0.269 e. The van der Waals surface area contributed by atoms with Crippen LogP contribution in [0.2, 0.25) is 0 Å². The molecule has 1 aliphatic heterocycles. The van der Waals surface area contributed by atoms with E-state index in [1.165, 1.54) is 38.2 Å². The lowest BCUT2D eigenvalue weighted by Crippen LogP contribution is -2.30. The molecule has 2 aliphatic rings. The molecule has 164 valence electrons. The molecule has 4 heteroatoms. The van der Waals surface area contributed by atoms with Gasteiger partial charge in [-0.15, -0.1) is 0 Å². The van der Waals surface area contributed by atoms with E-state index in [4.69, 9.17) is 0 Å². The first-order valence-electron chi connectivity index (χ1n) is 11.7. The lowest BCUT2D eigenvalue weighted by atomic mass is 9.74. The third-order valence-corrected chi connectivity index (χ3v) is 7.72. The van der Waals surface area contributed by atoms with Crippen molar-refractivity contribution in [3.05, 3.63) is 129 Å². The fourth-order valence-electron chi connectivity index (χ4n) is 6.33. The second-order valence-corrected chi connectivity index (χ2v) is 9.43. The highest BCUT2D eigenvalue weighted by molar-refractivity contribution is 6.03. The molecule has 34 heavy (non-hydrogen) atoms. The van der Waals surface area contributed by atoms with Gasteiger partial charge in [-0.05, 0) is 68.3 Å². The van der Waals surface area contributed by atoms with Crippen LogP contribution >= 0.6 is 0 Å². The summed E-state index contributed by atoms with van der Waals surface area (Å²) in [6.07, 6.45) is 0.943. The number of hydrogen-bond acceptors (Lipinski definition) is 3. The summed E-state index contributed by atoms with van der Waals surface area (Å²) in [5.41, 5.74) is 6.13. The number of nitrogens with one attached hydrogen (secondary N) is 1. The van der Waals surface area contributed by atoms with Crippen molar-refractivity contribution < 1.29 is 4.92 Å². The van der Waals surface area contributed by atoms with Gasteiger partial charge in [-0.1, -0.05) is 72.8 Å². The quantitative estimate of drug-likeness (QED) is 0.176. The Labute approximate surface area is 197 Å². The Morgan fingerprint density at radius 1 is 0.765 bits per heavy atom. The molecule has 0 saturated carbocycles. The number of non-ortho nitro benzene ring substituents is 1. The summed E-state index contributed by atoms with van der Waals surface area (Å²) in [6, 6.07) is 33.5. The molecular weight excluding hydrogens is 420 g/mol. The number of benzene rings is 5. The van der Waals surface area contributed by atoms with E-state index in [1.807, 2.05) is 6.07 Å². The van der Waals surface area contributed by atoms with Crippen LogP contribution in [0.15, 0.2) is 97.1 Å². The zero-order valence-corrected chi connectivity index (χ0v) is 18.4. The Hall–Kier alpha value is -4.18. The second kappa shape index (κ2) is 7.16. The number of nitro benzene ring substituents is 1. The molecule has 5 aromatic rings. The number of fused-ring (bicyclic) bond motifs is 7. The summed E-state index contributed by atoms with van der Waals surface area (Å²) < 4.78 is 0. The number of hydrogen-bond donors (Lipinski definition) is 1. The molecule has 7 rings (SSSR count). The molecule has 5 aromatic carbocycles. The van der Waals surface area contributed by atoms with Gasteiger partial charge in [-0.25, -0.2) is 0 Å². The van der Waals surface area contributed by atoms with E-state index in [0.29, 0.717) is 0 Å². The molecule has 0 saturated heterocycles. The Balaban J connectivity index is 1.52. The van der Waals surface area contributed by atoms with Gasteiger partial charge in [0.15, 0.2) is 0 Å². The molecule has 0 radical (unpaired) electrons. The van der Waals surface area contributed by atoms with Crippen molar-refractivity contribution in [1.82, 2.24) is 0 Å². The fourth-order valence-corrected chi connectivity index (χ4v) is 6.33. The number of nitrogens with zero attached hydrogens (tertiary/aromatic N) is 1. The van der Waals surface area contributed by atoms with Gasteiger partial charge in [0.25, 0.3) is 5.69 Å². The Morgan fingerprint density at radius 3 is 2.18 bits per heavy atom. The van der Waals surface area contributed by atoms with Gasteiger partial charge in [0.05, 0.1) is 11.0 Å². The average molecular weight is 443 g/mol. The zero-order valence-electron chi connectivity index (χ0n) is 18.4. The minimum atomic E-state index is -0.291. The summed E-state index contributed by atoms with van der Waals surface area (Å²) in [6.45, 7) is 0. The largest absolute Gasteiger partial charge is 0.378 e. The molecular formula is C30H22N2O2. The first-order valence-corrected chi connectivity index (χ1v) is 11.7. The zero-order chi connectivity index (χ0) is 22.8. The van der Waals surface area contributed by atoms with Crippen LogP contribution in [0.4, 0.5) is 11.4 Å². The van der Waals surface area contributed by atoms with E-state index in [-0.39, 0.29) is 28.5 Å². The molecule has 0 bridgehead atoms. The van der Waals surface area contributed by atoms with Crippen LogP contribution in [0.1, 0.15) is 34.2 Å². The third-order valence-electron chi connectivity index (χ3n) is 7.72. The van der Waals surface area contributed by atoms with Crippen molar-refractivity contribution in [1.29, 1.82) is 0 Å². The fraction of sp³-hybridized carbons (Fsp3) is 0.133. The normalized spacial score (nSPS) is 20.4. The first-order chi connectivity index (χ1) is 16.7. The predicted octanol–water partition coefficient (Wildman–Crippen LogP) is 7.37. The van der Waals surface area contributed by atoms with Crippen LogP contribution in [0.3, 0.4) is 0 Å². The Kier molecular flexibility index (Phi) is 4.06. The van der Waals surface area contributed by atoms with Gasteiger partial charge in [0, 0.05) is 23.7 Å². The lowest BCUT2D eigenvalue weighted by molar-refractivity contribution is -0.384. The van der Waals surface area contributed by atoms with Crippen LogP contribution in [0.5, 0.6) is 0 Å². The lowest BCUT2D eigenvalue weighted by Gasteiger charge is -2.39. The standard InChI is InChI=1S/C30H22N2O2/c33-32(34)21-13-14-27-25(17-21)28-22-10-4-3-9-20(22)16-26(28)30(31-27)29-23-11-5-1-7-18(23)15-19-8-2-6-12-24(19)29/h1-15,17,26,28,30-31H,16H2/t26-,28-,30+/m0/s1.